The first-order valence-corrected chi connectivity index (χ1v) is 7.40. The van der Waals surface area contributed by atoms with E-state index in [9.17, 15) is 14.0 Å². The minimum absolute atomic E-state index is 0.132. The zero-order valence-electron chi connectivity index (χ0n) is 13.0. The summed E-state index contributed by atoms with van der Waals surface area (Å²) in [5.41, 5.74) is 1.08. The van der Waals surface area contributed by atoms with Crippen LogP contribution in [0.1, 0.15) is 31.8 Å². The smallest absolute Gasteiger partial charge is 0.197 e. The molecule has 1 N–H and O–H groups in total. The van der Waals surface area contributed by atoms with Crippen molar-refractivity contribution >= 4 is 17.3 Å². The highest BCUT2D eigenvalue weighted by Crippen LogP contribution is 2.33. The molecule has 0 radical (unpaired) electrons. The molecule has 4 nitrogen and oxygen atoms in total. The number of halogens is 1. The summed E-state index contributed by atoms with van der Waals surface area (Å²) in [5, 5.41) is 3.13. The van der Waals surface area contributed by atoms with E-state index in [4.69, 9.17) is 0 Å². The van der Waals surface area contributed by atoms with Gasteiger partial charge in [0.05, 0.1) is 11.1 Å². The fourth-order valence-electron chi connectivity index (χ4n) is 2.75. The lowest BCUT2D eigenvalue weighted by Gasteiger charge is -2.21. The molecule has 118 valence electrons. The molecule has 0 amide bonds. The maximum Gasteiger partial charge on any atom is 0.197 e. The number of benzene rings is 2. The third kappa shape index (κ3) is 2.64. The van der Waals surface area contributed by atoms with E-state index in [2.05, 4.69) is 5.32 Å². The minimum Gasteiger partial charge on any atom is -0.383 e. The molecule has 3 rings (SSSR count). The minimum atomic E-state index is -0.661. The van der Waals surface area contributed by atoms with Gasteiger partial charge in [-0.25, -0.2) is 4.39 Å². The third-order valence-corrected chi connectivity index (χ3v) is 3.90. The molecule has 1 aliphatic carbocycles. The number of ketones is 2. The molecule has 0 atom stereocenters. The average molecular weight is 312 g/mol. The molecular formula is C18H17FN2O2. The van der Waals surface area contributed by atoms with Crippen molar-refractivity contribution in [1.82, 2.24) is 4.90 Å². The van der Waals surface area contributed by atoms with Crippen LogP contribution >= 0.6 is 0 Å². The zero-order chi connectivity index (χ0) is 16.6. The number of rotatable bonds is 4. The van der Waals surface area contributed by atoms with Crippen molar-refractivity contribution in [3.05, 3.63) is 64.5 Å². The van der Waals surface area contributed by atoms with Crippen LogP contribution in [0.4, 0.5) is 10.1 Å². The van der Waals surface area contributed by atoms with Gasteiger partial charge in [-0.05, 0) is 26.2 Å². The number of anilines is 1. The topological polar surface area (TPSA) is 49.4 Å². The lowest BCUT2D eigenvalue weighted by molar-refractivity contribution is 0.0976. The number of likely N-dealkylation sites (N-methyl/N-ethyl adjacent to an activating group) is 1. The molecule has 0 saturated carbocycles. The van der Waals surface area contributed by atoms with E-state index < -0.39 is 11.6 Å². The van der Waals surface area contributed by atoms with Crippen LogP contribution in [0.25, 0.3) is 0 Å². The molecule has 5 heteroatoms. The second kappa shape index (κ2) is 5.93. The highest BCUT2D eigenvalue weighted by atomic mass is 19.1. The largest absolute Gasteiger partial charge is 0.383 e. The lowest BCUT2D eigenvalue weighted by atomic mass is 9.83. The van der Waals surface area contributed by atoms with Gasteiger partial charge < -0.3 is 10.2 Å². The van der Waals surface area contributed by atoms with Crippen LogP contribution in [0.5, 0.6) is 0 Å². The monoisotopic (exact) mass is 312 g/mol. The second-order valence-corrected chi connectivity index (χ2v) is 5.78. The molecule has 0 aliphatic heterocycles. The third-order valence-electron chi connectivity index (χ3n) is 3.90. The Morgan fingerprint density at radius 2 is 1.57 bits per heavy atom. The predicted octanol–water partition coefficient (Wildman–Crippen LogP) is 2.57. The molecule has 2 aromatic rings. The Kier molecular flexibility index (Phi) is 3.96. The number of hydrogen-bond donors (Lipinski definition) is 1. The summed E-state index contributed by atoms with van der Waals surface area (Å²) in [6.07, 6.45) is 0. The van der Waals surface area contributed by atoms with Gasteiger partial charge in [-0.1, -0.05) is 24.3 Å². The number of nitrogens with zero attached hydrogens (tertiary/aromatic N) is 1. The fraction of sp³-hybridized carbons (Fsp3) is 0.222. The maximum atomic E-state index is 14.2. The van der Waals surface area contributed by atoms with Crippen LogP contribution in [0.15, 0.2) is 36.4 Å². The Morgan fingerprint density at radius 1 is 0.957 bits per heavy atom. The molecule has 0 bridgehead atoms. The van der Waals surface area contributed by atoms with E-state index in [1.54, 1.807) is 24.3 Å². The molecule has 1 aliphatic rings. The molecule has 0 spiro atoms. The molecule has 0 heterocycles. The van der Waals surface area contributed by atoms with E-state index in [-0.39, 0.29) is 22.5 Å². The summed E-state index contributed by atoms with van der Waals surface area (Å²) in [5.74, 6) is -1.42. The summed E-state index contributed by atoms with van der Waals surface area (Å²) < 4.78 is 14.2. The van der Waals surface area contributed by atoms with Crippen molar-refractivity contribution in [2.24, 2.45) is 0 Å². The van der Waals surface area contributed by atoms with E-state index in [1.165, 1.54) is 12.1 Å². The Morgan fingerprint density at radius 3 is 2.17 bits per heavy atom. The van der Waals surface area contributed by atoms with Crippen LogP contribution in [0.3, 0.4) is 0 Å². The van der Waals surface area contributed by atoms with Gasteiger partial charge in [0, 0.05) is 29.9 Å². The first-order chi connectivity index (χ1) is 11.0. The first kappa shape index (κ1) is 15.4. The Labute approximate surface area is 133 Å². The number of fused-ring (bicyclic) bond motifs is 2. The molecule has 23 heavy (non-hydrogen) atoms. The van der Waals surface area contributed by atoms with E-state index in [0.29, 0.717) is 17.8 Å². The number of carbonyl (C=O) groups excluding carboxylic acids is 2. The molecule has 0 fully saturated rings. The Balaban J connectivity index is 2.08. The van der Waals surface area contributed by atoms with Crippen molar-refractivity contribution in [3.8, 4) is 0 Å². The molecule has 0 saturated heterocycles. The van der Waals surface area contributed by atoms with Gasteiger partial charge in [-0.2, -0.15) is 0 Å². The average Bonchev–Trinajstić information content (AvgIpc) is 2.53. The summed E-state index contributed by atoms with van der Waals surface area (Å²) in [6, 6.07) is 9.29. The number of nitrogens with one attached hydrogen (secondary N) is 1. The Hall–Kier alpha value is -2.53. The van der Waals surface area contributed by atoms with Gasteiger partial charge in [-0.3, -0.25) is 9.59 Å². The molecule has 0 aromatic heterocycles. The molecule has 0 unspecified atom stereocenters. The van der Waals surface area contributed by atoms with Crippen molar-refractivity contribution in [3.63, 3.8) is 0 Å². The number of carbonyl (C=O) groups is 2. The molecular weight excluding hydrogens is 295 g/mol. The fourth-order valence-corrected chi connectivity index (χ4v) is 2.75. The van der Waals surface area contributed by atoms with Crippen LogP contribution in [0, 0.1) is 5.82 Å². The maximum absolute atomic E-state index is 14.2. The summed E-state index contributed by atoms with van der Waals surface area (Å²) in [7, 11) is 3.87. The summed E-state index contributed by atoms with van der Waals surface area (Å²) in [6.45, 7) is 1.35. The quantitative estimate of drug-likeness (QED) is 0.804. The van der Waals surface area contributed by atoms with Gasteiger partial charge in [0.15, 0.2) is 11.6 Å². The predicted molar refractivity (Wildman–Crippen MR) is 86.8 cm³/mol. The van der Waals surface area contributed by atoms with E-state index in [1.807, 2.05) is 19.0 Å². The van der Waals surface area contributed by atoms with Crippen LogP contribution in [-0.2, 0) is 0 Å². The molecule has 2 aromatic carbocycles. The normalized spacial score (nSPS) is 13.0. The zero-order valence-corrected chi connectivity index (χ0v) is 13.0. The van der Waals surface area contributed by atoms with Crippen molar-refractivity contribution in [2.75, 3.05) is 32.5 Å². The summed E-state index contributed by atoms with van der Waals surface area (Å²) in [4.78, 5) is 27.3. The Bertz CT molecular complexity index is 800. The standard InChI is InChI=1S/C18H17FN2O2/c1-21(2)10-9-20-14-8-7-13(19)15-16(14)18(23)12-6-4-3-5-11(12)17(15)22/h3-8,20H,9-10H2,1-2H3. The second-order valence-electron chi connectivity index (χ2n) is 5.78. The van der Waals surface area contributed by atoms with Crippen molar-refractivity contribution in [2.45, 2.75) is 0 Å². The van der Waals surface area contributed by atoms with Crippen molar-refractivity contribution in [1.29, 1.82) is 0 Å². The van der Waals surface area contributed by atoms with Gasteiger partial charge >= 0.3 is 0 Å². The van der Waals surface area contributed by atoms with E-state index in [0.717, 1.165) is 6.54 Å². The van der Waals surface area contributed by atoms with Crippen LogP contribution in [-0.4, -0.2) is 43.7 Å². The first-order valence-electron chi connectivity index (χ1n) is 7.40. The summed E-state index contributed by atoms with van der Waals surface area (Å²) >= 11 is 0. The highest BCUT2D eigenvalue weighted by molar-refractivity contribution is 6.30. The van der Waals surface area contributed by atoms with E-state index >= 15 is 0 Å². The van der Waals surface area contributed by atoms with Crippen LogP contribution < -0.4 is 5.32 Å². The van der Waals surface area contributed by atoms with Gasteiger partial charge in [0.2, 0.25) is 0 Å². The van der Waals surface area contributed by atoms with Gasteiger partial charge in [0.25, 0.3) is 0 Å². The lowest BCUT2D eigenvalue weighted by Crippen LogP contribution is -2.26. The van der Waals surface area contributed by atoms with Crippen molar-refractivity contribution < 1.29 is 14.0 Å². The van der Waals surface area contributed by atoms with Crippen LogP contribution in [0.2, 0.25) is 0 Å². The highest BCUT2D eigenvalue weighted by Gasteiger charge is 2.33. The number of hydrogen-bond acceptors (Lipinski definition) is 4. The van der Waals surface area contributed by atoms with Gasteiger partial charge in [0.1, 0.15) is 5.82 Å². The van der Waals surface area contributed by atoms with Gasteiger partial charge in [-0.15, -0.1) is 0 Å². The SMILES string of the molecule is CN(C)CCNc1ccc(F)c2c1C(=O)c1ccccc1C2=O.